The van der Waals surface area contributed by atoms with Crippen molar-refractivity contribution in [2.75, 3.05) is 0 Å². The fourth-order valence-electron chi connectivity index (χ4n) is 1.71. The van der Waals surface area contributed by atoms with Gasteiger partial charge in [-0.15, -0.1) is 0 Å². The normalized spacial score (nSPS) is 12.2. The third-order valence-corrected chi connectivity index (χ3v) is 2.96. The van der Waals surface area contributed by atoms with E-state index in [9.17, 15) is 4.39 Å². The fraction of sp³-hybridized carbons (Fsp3) is 0.267. The highest BCUT2D eigenvalue weighted by Gasteiger charge is 2.08. The van der Waals surface area contributed by atoms with Crippen LogP contribution in [0.4, 0.5) is 4.39 Å². The molecular weight excluding hydrogens is 243 g/mol. The van der Waals surface area contributed by atoms with E-state index in [0.717, 1.165) is 12.1 Å². The van der Waals surface area contributed by atoms with Crippen LogP contribution in [0.3, 0.4) is 0 Å². The zero-order valence-electron chi connectivity index (χ0n) is 11.1. The highest BCUT2D eigenvalue weighted by molar-refractivity contribution is 5.34. The number of nitrogens with two attached hydrogens (primary N) is 1. The quantitative estimate of drug-likeness (QED) is 0.911. The third kappa shape index (κ3) is 3.09. The van der Waals surface area contributed by atoms with Crippen LogP contribution < -0.4 is 10.5 Å². The Labute approximate surface area is 112 Å². The number of aromatic nitrogens is 1. The van der Waals surface area contributed by atoms with Gasteiger partial charge < -0.3 is 10.5 Å². The molecule has 1 atom stereocenters. The zero-order valence-corrected chi connectivity index (χ0v) is 11.1. The lowest BCUT2D eigenvalue weighted by atomic mass is 10.1. The van der Waals surface area contributed by atoms with Gasteiger partial charge in [0.1, 0.15) is 5.75 Å². The summed E-state index contributed by atoms with van der Waals surface area (Å²) in [6.07, 6.45) is 2.38. The van der Waals surface area contributed by atoms with Crippen LogP contribution in [-0.2, 0) is 0 Å². The van der Waals surface area contributed by atoms with Crippen LogP contribution in [0.2, 0.25) is 0 Å². The van der Waals surface area contributed by atoms with E-state index < -0.39 is 0 Å². The summed E-state index contributed by atoms with van der Waals surface area (Å²) < 4.78 is 19.3. The molecule has 2 rings (SSSR count). The molecule has 0 aliphatic heterocycles. The lowest BCUT2D eigenvalue weighted by molar-refractivity contribution is 0.437. The van der Waals surface area contributed by atoms with Crippen molar-refractivity contribution in [2.45, 2.75) is 26.3 Å². The Morgan fingerprint density at radius 1 is 1.32 bits per heavy atom. The number of aryl methyl sites for hydroxylation is 1. The molecule has 100 valence electrons. The second-order valence-electron chi connectivity index (χ2n) is 4.42. The minimum Gasteiger partial charge on any atom is -0.453 e. The second-order valence-corrected chi connectivity index (χ2v) is 4.42. The Bertz CT molecular complexity index is 555. The van der Waals surface area contributed by atoms with E-state index in [1.807, 2.05) is 6.92 Å². The van der Waals surface area contributed by atoms with Crippen molar-refractivity contribution in [3.05, 3.63) is 53.6 Å². The molecule has 4 heteroatoms. The van der Waals surface area contributed by atoms with Crippen molar-refractivity contribution in [3.63, 3.8) is 0 Å². The molecule has 0 amide bonds. The van der Waals surface area contributed by atoms with Gasteiger partial charge in [0, 0.05) is 6.04 Å². The van der Waals surface area contributed by atoms with Crippen LogP contribution in [0.25, 0.3) is 0 Å². The van der Waals surface area contributed by atoms with Crippen molar-refractivity contribution in [1.29, 1.82) is 0 Å². The molecule has 1 aromatic carbocycles. The molecule has 0 unspecified atom stereocenters. The number of rotatable bonds is 4. The number of pyridine rings is 1. The number of halogens is 1. The van der Waals surface area contributed by atoms with Crippen molar-refractivity contribution >= 4 is 0 Å². The summed E-state index contributed by atoms with van der Waals surface area (Å²) in [6.45, 7) is 3.70. The molecule has 0 aliphatic carbocycles. The van der Waals surface area contributed by atoms with Gasteiger partial charge in [-0.1, -0.05) is 19.1 Å². The van der Waals surface area contributed by atoms with E-state index in [0.29, 0.717) is 11.3 Å². The van der Waals surface area contributed by atoms with Gasteiger partial charge in [-0.25, -0.2) is 4.39 Å². The number of hydrogen-bond acceptors (Lipinski definition) is 3. The summed E-state index contributed by atoms with van der Waals surface area (Å²) in [5.74, 6) is 0.350. The van der Waals surface area contributed by atoms with Crippen molar-refractivity contribution in [2.24, 2.45) is 5.73 Å². The molecule has 1 aromatic heterocycles. The van der Waals surface area contributed by atoms with Crippen LogP contribution in [0, 0.1) is 12.7 Å². The highest BCUT2D eigenvalue weighted by atomic mass is 19.1. The summed E-state index contributed by atoms with van der Waals surface area (Å²) in [6, 6.07) is 8.52. The Balaban J connectivity index is 2.18. The maximum atomic E-state index is 13.8. The predicted octanol–water partition coefficient (Wildman–Crippen LogP) is 3.73. The number of ether oxygens (including phenoxy) is 1. The van der Waals surface area contributed by atoms with Gasteiger partial charge in [-0.3, -0.25) is 4.98 Å². The van der Waals surface area contributed by atoms with E-state index >= 15 is 0 Å². The first-order valence-electron chi connectivity index (χ1n) is 6.26. The maximum absolute atomic E-state index is 13.8. The molecule has 0 bridgehead atoms. The molecule has 3 nitrogen and oxygen atoms in total. The van der Waals surface area contributed by atoms with Crippen LogP contribution in [0.5, 0.6) is 11.5 Å². The average Bonchev–Trinajstić information content (AvgIpc) is 2.44. The van der Waals surface area contributed by atoms with Crippen LogP contribution >= 0.6 is 0 Å². The average molecular weight is 260 g/mol. The number of hydrogen-bond donors (Lipinski definition) is 1. The summed E-state index contributed by atoms with van der Waals surface area (Å²) in [5, 5.41) is 0. The smallest absolute Gasteiger partial charge is 0.168 e. The lowest BCUT2D eigenvalue weighted by Gasteiger charge is -2.10. The second kappa shape index (κ2) is 5.80. The Morgan fingerprint density at radius 3 is 2.74 bits per heavy atom. The molecule has 0 radical (unpaired) electrons. The molecule has 0 aliphatic rings. The standard InChI is InChI=1S/C15H17FN2O/c1-3-12(17)13-8-7-11(9-18-13)19-14-6-4-5-10(2)15(14)16/h4-9,12H,3,17H2,1-2H3/t12-/m1/s1. The van der Waals surface area contributed by atoms with Gasteiger partial charge >= 0.3 is 0 Å². The largest absolute Gasteiger partial charge is 0.453 e. The SMILES string of the molecule is CC[C@@H](N)c1ccc(Oc2cccc(C)c2F)cn1. The van der Waals surface area contributed by atoms with E-state index in [4.69, 9.17) is 10.5 Å². The summed E-state index contributed by atoms with van der Waals surface area (Å²) in [7, 11) is 0. The van der Waals surface area contributed by atoms with Gasteiger partial charge in [-0.2, -0.15) is 0 Å². The van der Waals surface area contributed by atoms with Crippen molar-refractivity contribution in [1.82, 2.24) is 4.98 Å². The molecule has 0 fully saturated rings. The molecule has 0 saturated heterocycles. The first-order chi connectivity index (χ1) is 9.11. The number of benzene rings is 1. The summed E-state index contributed by atoms with van der Waals surface area (Å²) >= 11 is 0. The third-order valence-electron chi connectivity index (χ3n) is 2.96. The van der Waals surface area contributed by atoms with Gasteiger partial charge in [0.2, 0.25) is 0 Å². The maximum Gasteiger partial charge on any atom is 0.168 e. The topological polar surface area (TPSA) is 48.1 Å². The molecule has 0 spiro atoms. The first kappa shape index (κ1) is 13.5. The summed E-state index contributed by atoms with van der Waals surface area (Å²) in [5.41, 5.74) is 7.23. The summed E-state index contributed by atoms with van der Waals surface area (Å²) in [4.78, 5) is 4.23. The van der Waals surface area contributed by atoms with E-state index in [1.54, 1.807) is 43.5 Å². The van der Waals surface area contributed by atoms with Crippen LogP contribution in [0.15, 0.2) is 36.5 Å². The van der Waals surface area contributed by atoms with Gasteiger partial charge in [0.15, 0.2) is 11.6 Å². The predicted molar refractivity (Wildman–Crippen MR) is 72.7 cm³/mol. The van der Waals surface area contributed by atoms with E-state index in [2.05, 4.69) is 4.98 Å². The molecule has 2 aromatic rings. The minimum absolute atomic E-state index is 0.0789. The van der Waals surface area contributed by atoms with E-state index in [-0.39, 0.29) is 17.6 Å². The zero-order chi connectivity index (χ0) is 13.8. The first-order valence-corrected chi connectivity index (χ1v) is 6.26. The number of nitrogens with zero attached hydrogens (tertiary/aromatic N) is 1. The van der Waals surface area contributed by atoms with Gasteiger partial charge in [-0.05, 0) is 37.1 Å². The fourth-order valence-corrected chi connectivity index (χ4v) is 1.71. The van der Waals surface area contributed by atoms with Crippen LogP contribution in [0.1, 0.15) is 30.6 Å². The van der Waals surface area contributed by atoms with E-state index in [1.165, 1.54) is 0 Å². The highest BCUT2D eigenvalue weighted by Crippen LogP contribution is 2.26. The molecule has 1 heterocycles. The van der Waals surface area contributed by atoms with Gasteiger partial charge in [0.05, 0.1) is 11.9 Å². The Hall–Kier alpha value is -1.94. The molecule has 2 N–H and O–H groups in total. The Morgan fingerprint density at radius 2 is 2.11 bits per heavy atom. The lowest BCUT2D eigenvalue weighted by Crippen LogP contribution is -2.10. The molecule has 19 heavy (non-hydrogen) atoms. The van der Waals surface area contributed by atoms with Gasteiger partial charge in [0.25, 0.3) is 0 Å². The minimum atomic E-state index is -0.350. The van der Waals surface area contributed by atoms with Crippen LogP contribution in [-0.4, -0.2) is 4.98 Å². The van der Waals surface area contributed by atoms with Crippen molar-refractivity contribution < 1.29 is 9.13 Å². The van der Waals surface area contributed by atoms with Crippen molar-refractivity contribution in [3.8, 4) is 11.5 Å². The Kier molecular flexibility index (Phi) is 4.12. The molecule has 0 saturated carbocycles. The monoisotopic (exact) mass is 260 g/mol. The molecular formula is C15H17FN2O.